The summed E-state index contributed by atoms with van der Waals surface area (Å²) >= 11 is 6.17. The number of nitrogens with zero attached hydrogens (tertiary/aromatic N) is 5. The number of oxime groups is 1. The van der Waals surface area contributed by atoms with Crippen molar-refractivity contribution in [3.63, 3.8) is 0 Å². The number of anilines is 1. The van der Waals surface area contributed by atoms with Gasteiger partial charge in [0.1, 0.15) is 24.1 Å². The van der Waals surface area contributed by atoms with E-state index in [0.717, 1.165) is 29.8 Å². The van der Waals surface area contributed by atoms with Gasteiger partial charge < -0.3 is 10.2 Å². The molecule has 3 rings (SSSR count). The van der Waals surface area contributed by atoms with E-state index >= 15 is 0 Å². The minimum Gasteiger partial charge on any atom is -0.399 e. The molecule has 0 aromatic carbocycles. The monoisotopic (exact) mass is 466 g/mol. The minimum atomic E-state index is -4.85. The van der Waals surface area contributed by atoms with Crippen LogP contribution in [0.3, 0.4) is 0 Å². The summed E-state index contributed by atoms with van der Waals surface area (Å²) in [6, 6.07) is -0.379. The maximum absolute atomic E-state index is 13.5. The molecule has 0 saturated heterocycles. The van der Waals surface area contributed by atoms with Crippen LogP contribution in [0.15, 0.2) is 29.7 Å². The molecule has 0 aliphatic heterocycles. The van der Waals surface area contributed by atoms with Gasteiger partial charge in [0.15, 0.2) is 5.65 Å². The summed E-state index contributed by atoms with van der Waals surface area (Å²) < 4.78 is 81.3. The van der Waals surface area contributed by atoms with Crippen molar-refractivity contribution in [2.45, 2.75) is 25.3 Å². The van der Waals surface area contributed by atoms with E-state index in [1.165, 1.54) is 19.5 Å². The molecule has 0 amide bonds. The third kappa shape index (κ3) is 4.50. The van der Waals surface area contributed by atoms with Crippen LogP contribution in [-0.2, 0) is 11.0 Å². The van der Waals surface area contributed by atoms with Crippen molar-refractivity contribution < 1.29 is 31.2 Å². The summed E-state index contributed by atoms with van der Waals surface area (Å²) in [5, 5.41) is 9.10. The predicted molar refractivity (Wildman–Crippen MR) is 100.0 cm³/mol. The van der Waals surface area contributed by atoms with Crippen LogP contribution in [0.4, 0.5) is 32.2 Å². The van der Waals surface area contributed by atoms with Gasteiger partial charge in [-0.05, 0) is 19.1 Å². The summed E-state index contributed by atoms with van der Waals surface area (Å²) in [6.45, 7) is 0.795. The van der Waals surface area contributed by atoms with Crippen LogP contribution in [0.1, 0.15) is 18.1 Å². The Bertz CT molecular complexity index is 1130. The summed E-state index contributed by atoms with van der Waals surface area (Å²) in [4.78, 5) is 12.3. The van der Waals surface area contributed by atoms with Crippen LogP contribution >= 0.6 is 11.6 Å². The van der Waals surface area contributed by atoms with Gasteiger partial charge >= 0.3 is 12.4 Å². The molecule has 1 unspecified atom stereocenters. The second-order valence-corrected chi connectivity index (χ2v) is 6.54. The van der Waals surface area contributed by atoms with E-state index in [0.29, 0.717) is 0 Å². The molecule has 0 aliphatic carbocycles. The molecular formula is C17H13ClF6N6O. The zero-order valence-electron chi connectivity index (χ0n) is 15.8. The van der Waals surface area contributed by atoms with E-state index in [-0.39, 0.29) is 11.2 Å². The molecule has 0 spiro atoms. The molecule has 0 saturated carbocycles. The summed E-state index contributed by atoms with van der Waals surface area (Å²) in [6.07, 6.45) is -6.15. The van der Waals surface area contributed by atoms with Crippen molar-refractivity contribution in [3.05, 3.63) is 40.8 Å². The van der Waals surface area contributed by atoms with Gasteiger partial charge in [0, 0.05) is 6.20 Å². The molecule has 3 aromatic heterocycles. The molecule has 166 valence electrons. The van der Waals surface area contributed by atoms with Gasteiger partial charge in [-0.2, -0.15) is 36.0 Å². The standard InChI is InChI=1S/C17H13ClF6N6O/c1-8(16(19,20)21)28-15-11(12-10(17(22,23)24)4-3-5-25-12)13(18)29-14-9(7-27-31-2)6-26-30(14)15/h3-8,28H,1-2H3. The SMILES string of the molecule is CON=Cc1cnn2c(NC(C)C(F)(F)F)c(-c3ncccc3C(F)(F)F)c(Cl)nc12. The lowest BCUT2D eigenvalue weighted by Gasteiger charge is -2.22. The highest BCUT2D eigenvalue weighted by molar-refractivity contribution is 6.33. The van der Waals surface area contributed by atoms with Crippen molar-refractivity contribution in [2.24, 2.45) is 5.16 Å². The Morgan fingerprint density at radius 2 is 1.97 bits per heavy atom. The highest BCUT2D eigenvalue weighted by atomic mass is 35.5. The van der Waals surface area contributed by atoms with Crippen molar-refractivity contribution in [2.75, 3.05) is 12.4 Å². The first-order valence-electron chi connectivity index (χ1n) is 8.44. The minimum absolute atomic E-state index is 0.0593. The first-order chi connectivity index (χ1) is 14.4. The van der Waals surface area contributed by atoms with E-state index in [9.17, 15) is 26.3 Å². The van der Waals surface area contributed by atoms with Crippen molar-refractivity contribution in [3.8, 4) is 11.3 Å². The third-order valence-corrected chi connectivity index (χ3v) is 4.39. The van der Waals surface area contributed by atoms with E-state index < -0.39 is 46.2 Å². The van der Waals surface area contributed by atoms with Crippen molar-refractivity contribution in [1.82, 2.24) is 19.6 Å². The molecule has 0 aliphatic rings. The van der Waals surface area contributed by atoms with Gasteiger partial charge in [-0.15, -0.1) is 0 Å². The van der Waals surface area contributed by atoms with Crippen molar-refractivity contribution >= 4 is 29.3 Å². The topological polar surface area (TPSA) is 76.7 Å². The molecule has 0 radical (unpaired) electrons. The quantitative estimate of drug-likeness (QED) is 0.253. The fourth-order valence-corrected chi connectivity index (χ4v) is 2.91. The average molecular weight is 467 g/mol. The third-order valence-electron chi connectivity index (χ3n) is 4.12. The van der Waals surface area contributed by atoms with E-state index in [2.05, 4.69) is 30.4 Å². The predicted octanol–water partition coefficient (Wildman–Crippen LogP) is 4.81. The highest BCUT2D eigenvalue weighted by Crippen LogP contribution is 2.42. The smallest absolute Gasteiger partial charge is 0.399 e. The summed E-state index contributed by atoms with van der Waals surface area (Å²) in [7, 11) is 1.26. The number of aromatic nitrogens is 4. The number of nitrogens with one attached hydrogen (secondary N) is 1. The Morgan fingerprint density at radius 3 is 2.58 bits per heavy atom. The first-order valence-corrected chi connectivity index (χ1v) is 8.82. The van der Waals surface area contributed by atoms with Gasteiger partial charge in [0.2, 0.25) is 0 Å². The van der Waals surface area contributed by atoms with Crippen LogP contribution in [0.2, 0.25) is 5.15 Å². The number of hydrogen-bond acceptors (Lipinski definition) is 6. The number of fused-ring (bicyclic) bond motifs is 1. The second-order valence-electron chi connectivity index (χ2n) is 6.18. The maximum Gasteiger partial charge on any atom is 0.418 e. The Morgan fingerprint density at radius 1 is 1.26 bits per heavy atom. The zero-order valence-corrected chi connectivity index (χ0v) is 16.5. The first kappa shape index (κ1) is 22.6. The van der Waals surface area contributed by atoms with Crippen LogP contribution in [0.5, 0.6) is 0 Å². The van der Waals surface area contributed by atoms with Gasteiger partial charge in [-0.3, -0.25) is 4.98 Å². The Labute approximate surface area is 175 Å². The fraction of sp³-hybridized carbons (Fsp3) is 0.294. The Balaban J connectivity index is 2.35. The largest absolute Gasteiger partial charge is 0.418 e. The maximum atomic E-state index is 13.5. The molecule has 31 heavy (non-hydrogen) atoms. The fourth-order valence-electron chi connectivity index (χ4n) is 2.65. The second kappa shape index (κ2) is 8.21. The lowest BCUT2D eigenvalue weighted by Crippen LogP contribution is -2.34. The van der Waals surface area contributed by atoms with E-state index in [1.54, 1.807) is 0 Å². The van der Waals surface area contributed by atoms with Gasteiger partial charge in [-0.25, -0.2) is 4.98 Å². The number of alkyl halides is 6. The number of hydrogen-bond donors (Lipinski definition) is 1. The number of halogens is 7. The number of pyridine rings is 1. The summed E-state index contributed by atoms with van der Waals surface area (Å²) in [5.74, 6) is -0.471. The van der Waals surface area contributed by atoms with Crippen LogP contribution in [0.25, 0.3) is 16.9 Å². The molecule has 7 nitrogen and oxygen atoms in total. The molecule has 1 atom stereocenters. The van der Waals surface area contributed by atoms with E-state index in [4.69, 9.17) is 11.6 Å². The molecule has 1 N–H and O–H groups in total. The lowest BCUT2D eigenvalue weighted by molar-refractivity contribution is -0.139. The lowest BCUT2D eigenvalue weighted by atomic mass is 10.1. The molecule has 3 aromatic rings. The highest BCUT2D eigenvalue weighted by Gasteiger charge is 2.39. The molecular weight excluding hydrogens is 454 g/mol. The van der Waals surface area contributed by atoms with Crippen molar-refractivity contribution in [1.29, 1.82) is 0 Å². The van der Waals surface area contributed by atoms with Crippen LogP contribution < -0.4 is 5.32 Å². The number of rotatable bonds is 5. The van der Waals surface area contributed by atoms with Gasteiger partial charge in [0.25, 0.3) is 0 Å². The normalized spacial score (nSPS) is 13.7. The molecule has 3 heterocycles. The van der Waals surface area contributed by atoms with Gasteiger partial charge in [0.05, 0.1) is 34.8 Å². The molecule has 0 fully saturated rings. The van der Waals surface area contributed by atoms with Crippen LogP contribution in [-0.4, -0.2) is 45.1 Å². The summed E-state index contributed by atoms with van der Waals surface area (Å²) in [5.41, 5.74) is -2.24. The van der Waals surface area contributed by atoms with Gasteiger partial charge in [-0.1, -0.05) is 16.8 Å². The Hall–Kier alpha value is -3.09. The zero-order chi connectivity index (χ0) is 23.0. The Kier molecular flexibility index (Phi) is 5.98. The van der Waals surface area contributed by atoms with E-state index in [1.807, 2.05) is 0 Å². The average Bonchev–Trinajstić information content (AvgIpc) is 3.07. The molecule has 14 heteroatoms. The van der Waals surface area contributed by atoms with Crippen LogP contribution in [0, 0.1) is 0 Å². The molecule has 0 bridgehead atoms.